The van der Waals surface area contributed by atoms with E-state index in [4.69, 9.17) is 4.74 Å². The van der Waals surface area contributed by atoms with Crippen molar-refractivity contribution in [2.75, 3.05) is 0 Å². The Morgan fingerprint density at radius 1 is 0.543 bits per heavy atom. The average Bonchev–Trinajstić information content (AvgIpc) is 2.85. The highest BCUT2D eigenvalue weighted by molar-refractivity contribution is 5.69. The van der Waals surface area contributed by atoms with Gasteiger partial charge in [-0.2, -0.15) is 0 Å². The number of rotatable bonds is 29. The molecule has 0 N–H and O–H groups in total. The molecule has 0 heterocycles. The zero-order chi connectivity index (χ0) is 25.7. The summed E-state index contributed by atoms with van der Waals surface area (Å²) in [5.74, 6) is -0.129. The molecule has 0 aliphatic heterocycles. The summed E-state index contributed by atoms with van der Waals surface area (Å²) in [5, 5.41) is 0. The van der Waals surface area contributed by atoms with Gasteiger partial charge < -0.3 is 4.74 Å². The number of ether oxygens (including phenoxy) is 1. The predicted octanol–water partition coefficient (Wildman–Crippen LogP) is 10.6. The van der Waals surface area contributed by atoms with Gasteiger partial charge in [0.2, 0.25) is 6.29 Å². The standard InChI is InChI=1S/C32H61O3/c1-3-5-7-9-11-13-14-15-16-17-18-19-20-22-24-26-28-32(34)35-31(29-30-33)27-25-23-21-12-10-8-6-4-2/h31H,3-29H2,1-2H3. The molecule has 0 fully saturated rings. The molecular formula is C32H61O3. The van der Waals surface area contributed by atoms with Crippen LogP contribution in [0.15, 0.2) is 0 Å². The third-order valence-electron chi connectivity index (χ3n) is 7.22. The Bertz CT molecular complexity index is 435. The van der Waals surface area contributed by atoms with Crippen molar-refractivity contribution in [1.29, 1.82) is 0 Å². The van der Waals surface area contributed by atoms with E-state index in [9.17, 15) is 9.59 Å². The second kappa shape index (κ2) is 29.4. The minimum absolute atomic E-state index is 0.129. The topological polar surface area (TPSA) is 43.4 Å². The first-order valence-corrected chi connectivity index (χ1v) is 15.8. The Morgan fingerprint density at radius 2 is 0.886 bits per heavy atom. The highest BCUT2D eigenvalue weighted by Crippen LogP contribution is 2.16. The summed E-state index contributed by atoms with van der Waals surface area (Å²) in [4.78, 5) is 23.0. The zero-order valence-electron chi connectivity index (χ0n) is 23.9. The quantitative estimate of drug-likeness (QED) is 0.0768. The first-order chi connectivity index (χ1) is 17.2. The number of esters is 1. The van der Waals surface area contributed by atoms with E-state index in [-0.39, 0.29) is 18.5 Å². The lowest BCUT2D eigenvalue weighted by Crippen LogP contribution is -2.18. The van der Waals surface area contributed by atoms with Gasteiger partial charge in [0.05, 0.1) is 6.42 Å². The molecular weight excluding hydrogens is 432 g/mol. The number of carbonyl (C=O) groups is 1. The van der Waals surface area contributed by atoms with Crippen molar-refractivity contribution in [1.82, 2.24) is 0 Å². The van der Waals surface area contributed by atoms with Crippen LogP contribution in [0.3, 0.4) is 0 Å². The van der Waals surface area contributed by atoms with Crippen molar-refractivity contribution >= 4 is 12.3 Å². The fourth-order valence-corrected chi connectivity index (χ4v) is 4.86. The van der Waals surface area contributed by atoms with E-state index >= 15 is 0 Å². The largest absolute Gasteiger partial charge is 0.462 e. The lowest BCUT2D eigenvalue weighted by Gasteiger charge is -2.15. The maximum Gasteiger partial charge on any atom is 0.306 e. The molecule has 3 nitrogen and oxygen atoms in total. The van der Waals surface area contributed by atoms with E-state index in [2.05, 4.69) is 13.8 Å². The van der Waals surface area contributed by atoms with Crippen LogP contribution < -0.4 is 0 Å². The van der Waals surface area contributed by atoms with Gasteiger partial charge in [0.15, 0.2) is 0 Å². The van der Waals surface area contributed by atoms with E-state index in [0.29, 0.717) is 6.42 Å². The molecule has 35 heavy (non-hydrogen) atoms. The average molecular weight is 494 g/mol. The summed E-state index contributed by atoms with van der Waals surface area (Å²) in [6, 6.07) is 0. The molecule has 0 aliphatic carbocycles. The van der Waals surface area contributed by atoms with Gasteiger partial charge in [-0.3, -0.25) is 9.59 Å². The van der Waals surface area contributed by atoms with E-state index in [1.807, 2.05) is 6.29 Å². The molecule has 0 aromatic heterocycles. The van der Waals surface area contributed by atoms with E-state index in [1.54, 1.807) is 0 Å². The number of hydrogen-bond donors (Lipinski definition) is 0. The minimum atomic E-state index is -0.263. The van der Waals surface area contributed by atoms with Crippen LogP contribution in [0.4, 0.5) is 0 Å². The molecule has 0 aromatic carbocycles. The summed E-state index contributed by atoms with van der Waals surface area (Å²) < 4.78 is 5.57. The Hall–Kier alpha value is -0.860. The van der Waals surface area contributed by atoms with Gasteiger partial charge in [0.25, 0.3) is 0 Å². The number of carbonyl (C=O) groups excluding carboxylic acids is 2. The van der Waals surface area contributed by atoms with Crippen LogP contribution in [0.2, 0.25) is 0 Å². The molecule has 207 valence electrons. The van der Waals surface area contributed by atoms with Crippen molar-refractivity contribution < 1.29 is 14.3 Å². The molecule has 0 aromatic rings. The lowest BCUT2D eigenvalue weighted by molar-refractivity contribution is -0.149. The van der Waals surface area contributed by atoms with Gasteiger partial charge in [0.1, 0.15) is 6.10 Å². The maximum absolute atomic E-state index is 12.2. The van der Waals surface area contributed by atoms with Gasteiger partial charge in [-0.25, -0.2) is 0 Å². The fourth-order valence-electron chi connectivity index (χ4n) is 4.86. The normalized spacial score (nSPS) is 12.1. The molecule has 0 amide bonds. The maximum atomic E-state index is 12.2. The predicted molar refractivity (Wildman–Crippen MR) is 152 cm³/mol. The summed E-state index contributed by atoms with van der Waals surface area (Å²) in [6.45, 7) is 4.52. The summed E-state index contributed by atoms with van der Waals surface area (Å²) in [7, 11) is 0. The van der Waals surface area contributed by atoms with Crippen molar-refractivity contribution in [2.24, 2.45) is 0 Å². The van der Waals surface area contributed by atoms with Gasteiger partial charge >= 0.3 is 5.97 Å². The van der Waals surface area contributed by atoms with Crippen LogP contribution in [0, 0.1) is 0 Å². The number of unbranched alkanes of at least 4 members (excludes halogenated alkanes) is 22. The molecule has 0 spiro atoms. The highest BCUT2D eigenvalue weighted by atomic mass is 16.5. The molecule has 1 radical (unpaired) electrons. The van der Waals surface area contributed by atoms with Gasteiger partial charge in [-0.15, -0.1) is 0 Å². The summed E-state index contributed by atoms with van der Waals surface area (Å²) in [6.07, 6.45) is 34.5. The fraction of sp³-hybridized carbons (Fsp3) is 0.938. The van der Waals surface area contributed by atoms with Crippen LogP contribution in [0.25, 0.3) is 0 Å². The smallest absolute Gasteiger partial charge is 0.306 e. The second-order valence-corrected chi connectivity index (χ2v) is 10.8. The van der Waals surface area contributed by atoms with Crippen molar-refractivity contribution in [3.8, 4) is 0 Å². The van der Waals surface area contributed by atoms with E-state index in [0.717, 1.165) is 32.1 Å². The summed E-state index contributed by atoms with van der Waals surface area (Å²) in [5.41, 5.74) is 0. The summed E-state index contributed by atoms with van der Waals surface area (Å²) >= 11 is 0. The Morgan fingerprint density at radius 3 is 1.26 bits per heavy atom. The Labute approximate surface area is 219 Å². The molecule has 0 aliphatic rings. The van der Waals surface area contributed by atoms with Gasteiger partial charge in [-0.1, -0.05) is 155 Å². The van der Waals surface area contributed by atoms with Crippen LogP contribution in [0.1, 0.15) is 187 Å². The van der Waals surface area contributed by atoms with E-state index < -0.39 is 0 Å². The van der Waals surface area contributed by atoms with Crippen LogP contribution >= 0.6 is 0 Å². The van der Waals surface area contributed by atoms with Crippen LogP contribution in [-0.4, -0.2) is 18.4 Å². The Balaban J connectivity index is 3.48. The molecule has 3 heteroatoms. The molecule has 0 saturated carbocycles. The molecule has 1 atom stereocenters. The third-order valence-corrected chi connectivity index (χ3v) is 7.22. The molecule has 0 bridgehead atoms. The van der Waals surface area contributed by atoms with Gasteiger partial charge in [-0.05, 0) is 19.3 Å². The highest BCUT2D eigenvalue weighted by Gasteiger charge is 2.14. The van der Waals surface area contributed by atoms with Crippen molar-refractivity contribution in [3.63, 3.8) is 0 Å². The lowest BCUT2D eigenvalue weighted by atomic mass is 10.0. The van der Waals surface area contributed by atoms with Crippen LogP contribution in [0.5, 0.6) is 0 Å². The third kappa shape index (κ3) is 27.6. The van der Waals surface area contributed by atoms with Crippen LogP contribution in [-0.2, 0) is 14.3 Å². The Kier molecular flexibility index (Phi) is 28.6. The van der Waals surface area contributed by atoms with Crippen molar-refractivity contribution in [2.45, 2.75) is 193 Å². The molecule has 1 unspecified atom stereocenters. The number of hydrogen-bond acceptors (Lipinski definition) is 3. The molecule has 0 saturated heterocycles. The monoisotopic (exact) mass is 493 g/mol. The SMILES string of the molecule is CCCCCCCCCCCCCCCCCCC(=O)OC(C[C]=O)CCCCCCCCCC. The van der Waals surface area contributed by atoms with Gasteiger partial charge in [0, 0.05) is 6.42 Å². The second-order valence-electron chi connectivity index (χ2n) is 10.8. The van der Waals surface area contributed by atoms with E-state index in [1.165, 1.54) is 128 Å². The first kappa shape index (κ1) is 34.1. The first-order valence-electron chi connectivity index (χ1n) is 15.8. The molecule has 0 rings (SSSR count). The minimum Gasteiger partial charge on any atom is -0.462 e. The van der Waals surface area contributed by atoms with Crippen molar-refractivity contribution in [3.05, 3.63) is 0 Å². The zero-order valence-corrected chi connectivity index (χ0v) is 23.9.